The Labute approximate surface area is 174 Å². The normalized spacial score (nSPS) is 26.5. The average molecular weight is 389 g/mol. The molecular weight excluding hydrogens is 356 g/mol. The number of para-hydroxylation sites is 1. The minimum Gasteiger partial charge on any atom is -0.306 e. The van der Waals surface area contributed by atoms with Crippen molar-refractivity contribution in [2.45, 2.75) is 50.9 Å². The average Bonchev–Trinajstić information content (AvgIpc) is 3.22. The molecule has 3 aliphatic heterocycles. The molecule has 4 nitrogen and oxygen atoms in total. The van der Waals surface area contributed by atoms with Crippen LogP contribution < -0.4 is 4.90 Å². The molecule has 2 aromatic carbocycles. The molecule has 29 heavy (non-hydrogen) atoms. The molecule has 3 aliphatic rings. The monoisotopic (exact) mass is 388 g/mol. The number of benzene rings is 2. The van der Waals surface area contributed by atoms with Gasteiger partial charge in [-0.25, -0.2) is 4.99 Å². The maximum atomic E-state index is 5.42. The van der Waals surface area contributed by atoms with E-state index in [1.54, 1.807) is 0 Å². The summed E-state index contributed by atoms with van der Waals surface area (Å²) in [6.45, 7) is 4.69. The van der Waals surface area contributed by atoms with E-state index in [9.17, 15) is 0 Å². The summed E-state index contributed by atoms with van der Waals surface area (Å²) in [4.78, 5) is 13.3. The molecule has 0 saturated carbocycles. The Balaban J connectivity index is 1.59. The Morgan fingerprint density at radius 3 is 1.79 bits per heavy atom. The van der Waals surface area contributed by atoms with E-state index in [0.717, 1.165) is 5.84 Å². The van der Waals surface area contributed by atoms with Crippen LogP contribution in [0.5, 0.6) is 0 Å². The molecule has 2 fully saturated rings. The van der Waals surface area contributed by atoms with Crippen molar-refractivity contribution in [3.8, 4) is 0 Å². The molecule has 0 N–H and O–H groups in total. The summed E-state index contributed by atoms with van der Waals surface area (Å²) in [7, 11) is 0. The highest BCUT2D eigenvalue weighted by Crippen LogP contribution is 2.34. The summed E-state index contributed by atoms with van der Waals surface area (Å²) in [5.41, 5.74) is 2.48. The van der Waals surface area contributed by atoms with E-state index in [2.05, 4.69) is 75.4 Å². The zero-order valence-electron chi connectivity index (χ0n) is 17.3. The van der Waals surface area contributed by atoms with Crippen molar-refractivity contribution < 1.29 is 0 Å². The number of hydrogen-bond acceptors (Lipinski definition) is 4. The lowest BCUT2D eigenvalue weighted by Gasteiger charge is -2.44. The molecule has 4 heteroatoms. The minimum atomic E-state index is 0.212. The van der Waals surface area contributed by atoms with Crippen molar-refractivity contribution in [2.24, 2.45) is 4.99 Å². The van der Waals surface area contributed by atoms with E-state index in [1.807, 2.05) is 0 Å². The molecule has 152 valence electrons. The maximum absolute atomic E-state index is 5.42. The molecule has 0 aliphatic carbocycles. The maximum Gasteiger partial charge on any atom is 0.139 e. The van der Waals surface area contributed by atoms with Crippen LogP contribution in [0, 0.1) is 0 Å². The van der Waals surface area contributed by atoms with E-state index in [0.29, 0.717) is 0 Å². The van der Waals surface area contributed by atoms with Crippen LogP contribution in [0.2, 0.25) is 0 Å². The van der Waals surface area contributed by atoms with Crippen molar-refractivity contribution in [3.05, 3.63) is 66.2 Å². The van der Waals surface area contributed by atoms with Gasteiger partial charge in [-0.05, 0) is 37.8 Å². The highest BCUT2D eigenvalue weighted by atomic mass is 15.5. The van der Waals surface area contributed by atoms with E-state index < -0.39 is 0 Å². The standard InChI is InChI=1S/C25H32N4/c1-5-13-21(14-6-1)23-26-24(27-17-9-3-10-18-27)25(28-19-11-4-12-20-28)29(23)22-15-7-2-8-16-22/h1-2,5-8,13-16,24-25H,3-4,9-12,17-20H2. The number of likely N-dealkylation sites (tertiary alicyclic amines) is 2. The van der Waals surface area contributed by atoms with E-state index in [4.69, 9.17) is 4.99 Å². The molecule has 0 radical (unpaired) electrons. The van der Waals surface area contributed by atoms with Crippen LogP contribution in [0.3, 0.4) is 0 Å². The van der Waals surface area contributed by atoms with Crippen molar-refractivity contribution in [1.82, 2.24) is 9.80 Å². The predicted molar refractivity (Wildman–Crippen MR) is 120 cm³/mol. The fourth-order valence-corrected chi connectivity index (χ4v) is 5.17. The summed E-state index contributed by atoms with van der Waals surface area (Å²) in [6, 6.07) is 21.7. The summed E-state index contributed by atoms with van der Waals surface area (Å²) in [5, 5.41) is 0. The van der Waals surface area contributed by atoms with E-state index in [-0.39, 0.29) is 12.3 Å². The molecule has 0 amide bonds. The second kappa shape index (κ2) is 8.68. The molecule has 2 unspecified atom stereocenters. The van der Waals surface area contributed by atoms with Crippen LogP contribution in [0.15, 0.2) is 65.7 Å². The summed E-state index contributed by atoms with van der Waals surface area (Å²) in [5.74, 6) is 1.13. The second-order valence-electron chi connectivity index (χ2n) is 8.54. The van der Waals surface area contributed by atoms with Crippen molar-refractivity contribution >= 4 is 11.5 Å². The molecular formula is C25H32N4. The smallest absolute Gasteiger partial charge is 0.139 e. The molecule has 2 atom stereocenters. The zero-order chi connectivity index (χ0) is 19.5. The highest BCUT2D eigenvalue weighted by Gasteiger charge is 2.44. The van der Waals surface area contributed by atoms with Crippen LogP contribution in [-0.2, 0) is 0 Å². The van der Waals surface area contributed by atoms with Gasteiger partial charge in [-0.3, -0.25) is 9.80 Å². The van der Waals surface area contributed by atoms with Gasteiger partial charge >= 0.3 is 0 Å². The van der Waals surface area contributed by atoms with Crippen LogP contribution in [0.4, 0.5) is 5.69 Å². The predicted octanol–water partition coefficient (Wildman–Crippen LogP) is 4.58. The number of rotatable bonds is 4. The highest BCUT2D eigenvalue weighted by molar-refractivity contribution is 6.11. The van der Waals surface area contributed by atoms with Crippen LogP contribution in [0.1, 0.15) is 44.1 Å². The largest absolute Gasteiger partial charge is 0.306 e. The minimum absolute atomic E-state index is 0.212. The van der Waals surface area contributed by atoms with Crippen molar-refractivity contribution in [3.63, 3.8) is 0 Å². The van der Waals surface area contributed by atoms with Crippen molar-refractivity contribution in [1.29, 1.82) is 0 Å². The van der Waals surface area contributed by atoms with Gasteiger partial charge in [0.1, 0.15) is 18.2 Å². The fourth-order valence-electron chi connectivity index (χ4n) is 5.17. The van der Waals surface area contributed by atoms with Crippen LogP contribution in [-0.4, -0.2) is 54.1 Å². The Bertz CT molecular complexity index is 807. The number of piperidine rings is 2. The quantitative estimate of drug-likeness (QED) is 0.766. The first-order valence-electron chi connectivity index (χ1n) is 11.4. The fraction of sp³-hybridized carbons (Fsp3) is 0.480. The number of hydrogen-bond donors (Lipinski definition) is 0. The van der Waals surface area contributed by atoms with Gasteiger partial charge in [0.2, 0.25) is 0 Å². The van der Waals surface area contributed by atoms with E-state index in [1.165, 1.54) is 76.0 Å². The van der Waals surface area contributed by atoms with Gasteiger partial charge in [0, 0.05) is 37.4 Å². The second-order valence-corrected chi connectivity index (χ2v) is 8.54. The van der Waals surface area contributed by atoms with Gasteiger partial charge in [0.05, 0.1) is 0 Å². The van der Waals surface area contributed by atoms with Gasteiger partial charge in [0.15, 0.2) is 0 Å². The number of aliphatic imine (C=N–C) groups is 1. The third kappa shape index (κ3) is 3.84. The van der Waals surface area contributed by atoms with Gasteiger partial charge < -0.3 is 4.90 Å². The summed E-state index contributed by atoms with van der Waals surface area (Å²) in [6.07, 6.45) is 8.40. The molecule has 5 rings (SSSR count). The molecule has 3 heterocycles. The Kier molecular flexibility index (Phi) is 5.64. The van der Waals surface area contributed by atoms with Crippen molar-refractivity contribution in [2.75, 3.05) is 31.1 Å². The lowest BCUT2D eigenvalue weighted by atomic mass is 10.1. The van der Waals surface area contributed by atoms with Gasteiger partial charge in [-0.1, -0.05) is 61.4 Å². The summed E-state index contributed by atoms with van der Waals surface area (Å²) >= 11 is 0. The molecule has 2 aromatic rings. The van der Waals surface area contributed by atoms with Gasteiger partial charge in [-0.2, -0.15) is 0 Å². The molecule has 2 saturated heterocycles. The van der Waals surface area contributed by atoms with Gasteiger partial charge in [0.25, 0.3) is 0 Å². The Morgan fingerprint density at radius 2 is 1.17 bits per heavy atom. The third-order valence-electron chi connectivity index (χ3n) is 6.61. The van der Waals surface area contributed by atoms with E-state index >= 15 is 0 Å². The summed E-state index contributed by atoms with van der Waals surface area (Å²) < 4.78 is 0. The zero-order valence-corrected chi connectivity index (χ0v) is 17.3. The van der Waals surface area contributed by atoms with Gasteiger partial charge in [-0.15, -0.1) is 0 Å². The van der Waals surface area contributed by atoms with Crippen LogP contribution in [0.25, 0.3) is 0 Å². The number of amidine groups is 1. The first kappa shape index (κ1) is 18.8. The third-order valence-corrected chi connectivity index (χ3v) is 6.61. The first-order valence-corrected chi connectivity index (χ1v) is 11.4. The lowest BCUT2D eigenvalue weighted by Crippen LogP contribution is -2.58. The SMILES string of the molecule is c1ccc(C2=NC(N3CCCCC3)C(N3CCCCC3)N2c2ccccc2)cc1. The Hall–Kier alpha value is -2.17. The molecule has 0 aromatic heterocycles. The number of anilines is 1. The lowest BCUT2D eigenvalue weighted by molar-refractivity contribution is 0.0696. The first-order chi connectivity index (χ1) is 14.4. The molecule has 0 bridgehead atoms. The number of nitrogens with zero attached hydrogens (tertiary/aromatic N) is 4. The topological polar surface area (TPSA) is 22.1 Å². The van der Waals surface area contributed by atoms with Crippen LogP contribution >= 0.6 is 0 Å². The molecule has 0 spiro atoms. The Morgan fingerprint density at radius 1 is 0.621 bits per heavy atom.